The Morgan fingerprint density at radius 3 is 2.60 bits per heavy atom. The number of nitrogens with two attached hydrogens (primary N) is 1. The van der Waals surface area contributed by atoms with Crippen LogP contribution in [0.3, 0.4) is 0 Å². The molecule has 0 aliphatic carbocycles. The molecule has 1 heterocycles. The number of hydrogen-bond donors (Lipinski definition) is 1. The second-order valence-electron chi connectivity index (χ2n) is 2.45. The van der Waals surface area contributed by atoms with E-state index < -0.39 is 12.0 Å². The summed E-state index contributed by atoms with van der Waals surface area (Å²) in [5.41, 5.74) is 5.84. The summed E-state index contributed by atoms with van der Waals surface area (Å²) in [6.07, 6.45) is -0.556. The Bertz CT molecular complexity index is 188. The van der Waals surface area contributed by atoms with Crippen molar-refractivity contribution in [2.24, 2.45) is 16.8 Å². The zero-order valence-corrected chi connectivity index (χ0v) is 6.00. The van der Waals surface area contributed by atoms with Gasteiger partial charge in [-0.1, -0.05) is 12.1 Å². The van der Waals surface area contributed by atoms with Crippen LogP contribution in [0.4, 0.5) is 0 Å². The molecule has 0 saturated heterocycles. The average molecular weight is 142 g/mol. The maximum atomic E-state index is 10.6. The highest BCUT2D eigenvalue weighted by Crippen LogP contribution is 2.16. The minimum Gasteiger partial charge on any atom is -0.382 e. The van der Waals surface area contributed by atoms with Crippen LogP contribution in [0.25, 0.3) is 0 Å². The smallest absolute Gasteiger partial charge is 0.262 e. The van der Waals surface area contributed by atoms with Crippen molar-refractivity contribution in [1.29, 1.82) is 0 Å². The number of primary amides is 1. The molecule has 56 valence electrons. The average Bonchev–Trinajstić information content (AvgIpc) is 2.14. The molecule has 4 nitrogen and oxygen atoms in total. The second-order valence-corrected chi connectivity index (χ2v) is 2.45. The molecule has 0 saturated carbocycles. The summed E-state index contributed by atoms with van der Waals surface area (Å²) in [5, 5.41) is 3.64. The summed E-state index contributed by atoms with van der Waals surface area (Å²) in [6, 6.07) is 0. The molecule has 0 aromatic rings. The van der Waals surface area contributed by atoms with Crippen LogP contribution in [-0.4, -0.2) is 17.7 Å². The van der Waals surface area contributed by atoms with Gasteiger partial charge in [0.1, 0.15) is 0 Å². The Kier molecular flexibility index (Phi) is 1.61. The summed E-state index contributed by atoms with van der Waals surface area (Å²) in [4.78, 5) is 15.3. The lowest BCUT2D eigenvalue weighted by molar-refractivity contribution is -0.129. The van der Waals surface area contributed by atoms with E-state index in [1.54, 1.807) is 0 Å². The van der Waals surface area contributed by atoms with Crippen molar-refractivity contribution < 1.29 is 9.63 Å². The van der Waals surface area contributed by atoms with Gasteiger partial charge in [-0.3, -0.25) is 4.79 Å². The molecule has 0 radical (unpaired) electrons. The van der Waals surface area contributed by atoms with Crippen LogP contribution >= 0.6 is 0 Å². The summed E-state index contributed by atoms with van der Waals surface area (Å²) in [7, 11) is 0. The van der Waals surface area contributed by atoms with E-state index in [-0.39, 0.29) is 5.92 Å². The molecule has 2 N–H and O–H groups in total. The number of carbonyl (C=O) groups is 1. The van der Waals surface area contributed by atoms with Crippen LogP contribution in [0.1, 0.15) is 13.8 Å². The third-order valence-electron chi connectivity index (χ3n) is 1.70. The zero-order chi connectivity index (χ0) is 7.72. The van der Waals surface area contributed by atoms with Crippen LogP contribution < -0.4 is 5.73 Å². The van der Waals surface area contributed by atoms with Gasteiger partial charge < -0.3 is 10.6 Å². The number of oxime groups is 1. The maximum Gasteiger partial charge on any atom is 0.262 e. The van der Waals surface area contributed by atoms with Crippen LogP contribution in [0.5, 0.6) is 0 Å². The monoisotopic (exact) mass is 142 g/mol. The first-order chi connectivity index (χ1) is 4.63. The van der Waals surface area contributed by atoms with E-state index in [2.05, 4.69) is 5.16 Å². The first-order valence-electron chi connectivity index (χ1n) is 3.12. The van der Waals surface area contributed by atoms with Gasteiger partial charge in [-0.05, 0) is 6.92 Å². The molecule has 0 aromatic heterocycles. The van der Waals surface area contributed by atoms with Crippen molar-refractivity contribution in [2.75, 3.05) is 0 Å². The highest BCUT2D eigenvalue weighted by molar-refractivity contribution is 5.92. The molecule has 1 amide bonds. The van der Waals surface area contributed by atoms with Crippen molar-refractivity contribution in [3.63, 3.8) is 0 Å². The van der Waals surface area contributed by atoms with E-state index in [1.165, 1.54) is 0 Å². The fraction of sp³-hybridized carbons (Fsp3) is 0.667. The number of amides is 1. The Morgan fingerprint density at radius 2 is 2.40 bits per heavy atom. The van der Waals surface area contributed by atoms with Crippen molar-refractivity contribution in [3.05, 3.63) is 0 Å². The van der Waals surface area contributed by atoms with Gasteiger partial charge in [0.15, 0.2) is 0 Å². The number of rotatable bonds is 1. The minimum atomic E-state index is -0.556. The van der Waals surface area contributed by atoms with Gasteiger partial charge in [0, 0.05) is 5.92 Å². The first-order valence-corrected chi connectivity index (χ1v) is 3.12. The Morgan fingerprint density at radius 1 is 1.80 bits per heavy atom. The highest BCUT2D eigenvalue weighted by Gasteiger charge is 2.31. The van der Waals surface area contributed by atoms with E-state index in [0.29, 0.717) is 0 Å². The molecule has 1 aliphatic rings. The summed E-state index contributed by atoms with van der Waals surface area (Å²) in [6.45, 7) is 3.68. The normalized spacial score (nSPS) is 31.2. The van der Waals surface area contributed by atoms with Gasteiger partial charge in [-0.15, -0.1) is 0 Å². The molecule has 0 fully saturated rings. The van der Waals surface area contributed by atoms with E-state index in [9.17, 15) is 4.79 Å². The molecule has 1 rings (SSSR count). The third-order valence-corrected chi connectivity index (χ3v) is 1.70. The molecule has 2 unspecified atom stereocenters. The maximum absolute atomic E-state index is 10.6. The third kappa shape index (κ3) is 0.964. The summed E-state index contributed by atoms with van der Waals surface area (Å²) < 4.78 is 0. The van der Waals surface area contributed by atoms with E-state index in [4.69, 9.17) is 10.6 Å². The topological polar surface area (TPSA) is 64.7 Å². The Balaban J connectivity index is 2.65. The fourth-order valence-electron chi connectivity index (χ4n) is 0.832. The number of carbonyl (C=O) groups excluding carboxylic acids is 1. The molecule has 0 aromatic carbocycles. The van der Waals surface area contributed by atoms with Crippen LogP contribution in [0.2, 0.25) is 0 Å². The van der Waals surface area contributed by atoms with Crippen molar-refractivity contribution in [1.82, 2.24) is 0 Å². The Hall–Kier alpha value is -1.06. The predicted molar refractivity (Wildman–Crippen MR) is 36.3 cm³/mol. The number of hydrogen-bond acceptors (Lipinski definition) is 3. The highest BCUT2D eigenvalue weighted by atomic mass is 16.6. The fourth-order valence-corrected chi connectivity index (χ4v) is 0.832. The van der Waals surface area contributed by atoms with Crippen LogP contribution in [0.15, 0.2) is 5.16 Å². The van der Waals surface area contributed by atoms with Gasteiger partial charge in [0.25, 0.3) is 5.91 Å². The molecular formula is C6H10N2O2. The predicted octanol–water partition coefficient (Wildman–Crippen LogP) is -0.118. The van der Waals surface area contributed by atoms with Crippen molar-refractivity contribution in [2.45, 2.75) is 20.0 Å². The van der Waals surface area contributed by atoms with Gasteiger partial charge in [0.2, 0.25) is 6.10 Å². The molecule has 2 atom stereocenters. The van der Waals surface area contributed by atoms with Crippen LogP contribution in [-0.2, 0) is 9.63 Å². The molecular weight excluding hydrogens is 132 g/mol. The SMILES string of the molecule is CC1=NOC(C(N)=O)C1C. The summed E-state index contributed by atoms with van der Waals surface area (Å²) >= 11 is 0. The molecule has 10 heavy (non-hydrogen) atoms. The molecule has 0 bridgehead atoms. The quantitative estimate of drug-likeness (QED) is 0.554. The van der Waals surface area contributed by atoms with E-state index in [0.717, 1.165) is 5.71 Å². The molecule has 0 spiro atoms. The largest absolute Gasteiger partial charge is 0.382 e. The standard InChI is InChI=1S/C6H10N2O2/c1-3-4(2)8-10-5(3)6(7)9/h3,5H,1-2H3,(H2,7,9). The lowest BCUT2D eigenvalue weighted by atomic mass is 10.0. The van der Waals surface area contributed by atoms with E-state index in [1.807, 2.05) is 13.8 Å². The van der Waals surface area contributed by atoms with Crippen molar-refractivity contribution >= 4 is 11.6 Å². The zero-order valence-electron chi connectivity index (χ0n) is 6.00. The molecule has 4 heteroatoms. The molecule has 1 aliphatic heterocycles. The summed E-state index contributed by atoms with van der Waals surface area (Å²) in [5.74, 6) is -0.425. The van der Waals surface area contributed by atoms with Gasteiger partial charge >= 0.3 is 0 Å². The lowest BCUT2D eigenvalue weighted by Gasteiger charge is -2.07. The van der Waals surface area contributed by atoms with E-state index >= 15 is 0 Å². The van der Waals surface area contributed by atoms with Gasteiger partial charge in [0.05, 0.1) is 5.71 Å². The van der Waals surface area contributed by atoms with Crippen molar-refractivity contribution in [3.8, 4) is 0 Å². The van der Waals surface area contributed by atoms with Crippen LogP contribution in [0, 0.1) is 5.92 Å². The lowest BCUT2D eigenvalue weighted by Crippen LogP contribution is -2.34. The first kappa shape index (κ1) is 7.05. The minimum absolute atomic E-state index is 0.0255. The Labute approximate surface area is 59.0 Å². The van der Waals surface area contributed by atoms with Gasteiger partial charge in [-0.2, -0.15) is 0 Å². The van der Waals surface area contributed by atoms with Gasteiger partial charge in [-0.25, -0.2) is 0 Å². The second kappa shape index (κ2) is 2.28. The number of nitrogens with zero attached hydrogens (tertiary/aromatic N) is 1.